The Kier molecular flexibility index (Phi) is 12.3. The van der Waals surface area contributed by atoms with Crippen LogP contribution in [0, 0.1) is 13.8 Å². The number of carbonyl (C=O) groups excluding carboxylic acids is 2. The van der Waals surface area contributed by atoms with Crippen LogP contribution >= 0.6 is 0 Å². The van der Waals surface area contributed by atoms with Gasteiger partial charge >= 0.3 is 0 Å². The average Bonchev–Trinajstić information content (AvgIpc) is 2.99. The highest BCUT2D eigenvalue weighted by Crippen LogP contribution is 2.18. The van der Waals surface area contributed by atoms with Crippen LogP contribution in [-0.2, 0) is 32.5 Å². The van der Waals surface area contributed by atoms with Gasteiger partial charge in [-0.05, 0) is 57.5 Å². The van der Waals surface area contributed by atoms with Crippen LogP contribution in [0.15, 0.2) is 56.9 Å². The van der Waals surface area contributed by atoms with Crippen molar-refractivity contribution in [1.82, 2.24) is 45.7 Å². The Morgan fingerprint density at radius 3 is 1.62 bits per heavy atom. The van der Waals surface area contributed by atoms with Crippen LogP contribution in [0.25, 0.3) is 0 Å². The molecule has 4 aromatic rings. The maximum absolute atomic E-state index is 12.2. The third-order valence-electron chi connectivity index (χ3n) is 6.87. The van der Waals surface area contributed by atoms with E-state index in [9.17, 15) is 27.6 Å². The number of nitrogens with zero attached hydrogens (tertiary/aromatic N) is 4. The number of rotatable bonds is 10. The van der Waals surface area contributed by atoms with Gasteiger partial charge in [0.1, 0.15) is 23.0 Å². The second-order valence-corrected chi connectivity index (χ2v) is 12.8. The normalized spacial score (nSPS) is 12.3. The zero-order chi connectivity index (χ0) is 34.9. The molecule has 2 unspecified atom stereocenters. The Hall–Kier alpha value is -5.09. The smallest absolute Gasteiger partial charge is 0.275 e. The van der Waals surface area contributed by atoms with Gasteiger partial charge < -0.3 is 20.6 Å². The molecule has 47 heavy (non-hydrogen) atoms. The van der Waals surface area contributed by atoms with Gasteiger partial charge in [0.2, 0.25) is 21.8 Å². The summed E-state index contributed by atoms with van der Waals surface area (Å²) in [6.45, 7) is 9.79. The molecule has 0 radical (unpaired) electrons. The number of sulfonamides is 1. The molecule has 2 atom stereocenters. The molecule has 0 aliphatic carbocycles. The first-order chi connectivity index (χ1) is 22.1. The predicted octanol–water partition coefficient (Wildman–Crippen LogP) is 1.43. The van der Waals surface area contributed by atoms with Crippen LogP contribution < -0.4 is 26.5 Å². The van der Waals surface area contributed by atoms with E-state index in [0.29, 0.717) is 29.2 Å². The van der Waals surface area contributed by atoms with E-state index in [2.05, 4.69) is 45.7 Å². The number of aromatic nitrogens is 6. The number of H-pyrrole nitrogens is 2. The number of nitrogens with one attached hydrogen (secondary N) is 5. The summed E-state index contributed by atoms with van der Waals surface area (Å²) in [5.74, 6) is 0.307. The number of benzene rings is 2. The number of amides is 2. The van der Waals surface area contributed by atoms with Gasteiger partial charge in [0, 0.05) is 26.7 Å². The van der Waals surface area contributed by atoms with Crippen molar-refractivity contribution < 1.29 is 18.0 Å². The van der Waals surface area contributed by atoms with Gasteiger partial charge in [-0.2, -0.15) is 0 Å². The van der Waals surface area contributed by atoms with Crippen molar-refractivity contribution in [2.24, 2.45) is 0 Å². The van der Waals surface area contributed by atoms with Crippen LogP contribution in [0.4, 0.5) is 0 Å². The van der Waals surface area contributed by atoms with E-state index in [1.807, 2.05) is 31.2 Å². The molecule has 5 N–H and O–H groups in total. The lowest BCUT2D eigenvalue weighted by molar-refractivity contribution is -0.120. The third-order valence-corrected chi connectivity index (χ3v) is 8.43. The lowest BCUT2D eigenvalue weighted by Gasteiger charge is -2.11. The molecule has 0 fully saturated rings. The third kappa shape index (κ3) is 10.5. The Morgan fingerprint density at radius 2 is 1.19 bits per heavy atom. The fraction of sp³-hybridized carbons (Fsp3) is 0.355. The molecule has 0 saturated carbocycles. The second kappa shape index (κ2) is 16.0. The summed E-state index contributed by atoms with van der Waals surface area (Å²) < 4.78 is 26.4. The van der Waals surface area contributed by atoms with Gasteiger partial charge in [0.25, 0.3) is 11.1 Å². The van der Waals surface area contributed by atoms with Crippen LogP contribution in [-0.4, -0.2) is 57.6 Å². The van der Waals surface area contributed by atoms with E-state index in [0.717, 1.165) is 5.56 Å². The van der Waals surface area contributed by atoms with Crippen molar-refractivity contribution in [3.05, 3.63) is 108 Å². The highest BCUT2D eigenvalue weighted by Gasteiger charge is 2.18. The minimum Gasteiger partial charge on any atom is -0.348 e. The summed E-state index contributed by atoms with van der Waals surface area (Å²) in [5.41, 5.74) is 3.04. The molecule has 2 heterocycles. The van der Waals surface area contributed by atoms with E-state index in [4.69, 9.17) is 0 Å². The van der Waals surface area contributed by atoms with Gasteiger partial charge in [0.05, 0.1) is 17.0 Å². The Morgan fingerprint density at radius 1 is 0.745 bits per heavy atom. The summed E-state index contributed by atoms with van der Waals surface area (Å²) in [4.78, 5) is 51.8. The first-order valence-electron chi connectivity index (χ1n) is 14.6. The molecular weight excluding hydrogens is 626 g/mol. The molecule has 4 rings (SSSR count). The van der Waals surface area contributed by atoms with Crippen LogP contribution in [0.1, 0.15) is 85.1 Å². The van der Waals surface area contributed by atoms with E-state index in [1.54, 1.807) is 32.9 Å². The van der Waals surface area contributed by atoms with Crippen LogP contribution in [0.3, 0.4) is 0 Å². The SMILES string of the molecule is CC(=O)NC(C)c1nnc(Cc2ccc(C)cc2)[nH]c1=O.CNS(=O)(=O)c1cc(Cc2nnc(C(C)NC(C)=O)c(=O)[nH]2)ccc1C. The molecule has 16 heteroatoms. The van der Waals surface area contributed by atoms with E-state index < -0.39 is 27.7 Å². The minimum atomic E-state index is -3.58. The van der Waals surface area contributed by atoms with E-state index >= 15 is 0 Å². The molecule has 0 aliphatic heterocycles. The predicted molar refractivity (Wildman–Crippen MR) is 174 cm³/mol. The largest absolute Gasteiger partial charge is 0.348 e. The van der Waals surface area contributed by atoms with E-state index in [-0.39, 0.29) is 40.1 Å². The van der Waals surface area contributed by atoms with Crippen LogP contribution in [0.2, 0.25) is 0 Å². The molecule has 2 aromatic heterocycles. The number of aromatic amines is 2. The van der Waals surface area contributed by atoms with Gasteiger partial charge in [-0.25, -0.2) is 13.1 Å². The topological polar surface area (TPSA) is 222 Å². The highest BCUT2D eigenvalue weighted by molar-refractivity contribution is 7.89. The summed E-state index contributed by atoms with van der Waals surface area (Å²) in [5, 5.41) is 21.0. The molecule has 0 saturated heterocycles. The van der Waals surface area contributed by atoms with Gasteiger partial charge in [0.15, 0.2) is 0 Å². The first kappa shape index (κ1) is 36.4. The van der Waals surface area contributed by atoms with E-state index in [1.165, 1.54) is 32.5 Å². The first-order valence-corrected chi connectivity index (χ1v) is 16.1. The number of carbonyl (C=O) groups is 2. The molecule has 250 valence electrons. The summed E-state index contributed by atoms with van der Waals surface area (Å²) >= 11 is 0. The highest BCUT2D eigenvalue weighted by atomic mass is 32.2. The Bertz CT molecular complexity index is 1960. The minimum absolute atomic E-state index is 0.103. The van der Waals surface area contributed by atoms with Crippen molar-refractivity contribution in [2.45, 2.75) is 71.4 Å². The number of hydrogen-bond donors (Lipinski definition) is 5. The zero-order valence-electron chi connectivity index (χ0n) is 27.3. The fourth-order valence-corrected chi connectivity index (χ4v) is 5.50. The van der Waals surface area contributed by atoms with Crippen molar-refractivity contribution in [2.75, 3.05) is 7.05 Å². The summed E-state index contributed by atoms with van der Waals surface area (Å²) in [6.07, 6.45) is 0.723. The van der Waals surface area contributed by atoms with Gasteiger partial charge in [-0.1, -0.05) is 42.0 Å². The van der Waals surface area contributed by atoms with Crippen molar-refractivity contribution in [3.8, 4) is 0 Å². The fourth-order valence-electron chi connectivity index (χ4n) is 4.48. The number of hydrogen-bond acceptors (Lipinski definition) is 10. The maximum Gasteiger partial charge on any atom is 0.275 e. The molecule has 15 nitrogen and oxygen atoms in total. The molecule has 0 spiro atoms. The molecular formula is C31H39N9O6S. The van der Waals surface area contributed by atoms with Crippen LogP contribution in [0.5, 0.6) is 0 Å². The standard InChI is InChI=1S/C16H21N5O4S.C15H18N4O2/c1-9-5-6-12(7-13(9)26(24,25)17-4)8-14-19-16(23)15(21-20-14)10(2)18-11(3)22;1-9-4-6-12(7-5-9)8-13-17-15(21)14(19-18-13)10(2)16-11(3)20/h5-7,10,17H,8H2,1-4H3,(H,18,22)(H,19,20,23);4-7,10H,8H2,1-3H3,(H,16,20)(H,17,18,21). The van der Waals surface area contributed by atoms with Gasteiger partial charge in [-0.15, -0.1) is 20.4 Å². The quantitative estimate of drug-likeness (QED) is 0.164. The monoisotopic (exact) mass is 665 g/mol. The summed E-state index contributed by atoms with van der Waals surface area (Å²) in [7, 11) is -2.23. The second-order valence-electron chi connectivity index (χ2n) is 11.0. The zero-order valence-corrected chi connectivity index (χ0v) is 28.1. The Labute approximate surface area is 272 Å². The van der Waals surface area contributed by atoms with Crippen molar-refractivity contribution >= 4 is 21.8 Å². The summed E-state index contributed by atoms with van der Waals surface area (Å²) in [6, 6.07) is 12.0. The molecule has 0 bridgehead atoms. The maximum atomic E-state index is 12.2. The average molecular weight is 666 g/mol. The lowest BCUT2D eigenvalue weighted by atomic mass is 10.1. The van der Waals surface area contributed by atoms with Crippen molar-refractivity contribution in [3.63, 3.8) is 0 Å². The van der Waals surface area contributed by atoms with Crippen molar-refractivity contribution in [1.29, 1.82) is 0 Å². The molecule has 2 amide bonds. The molecule has 0 aliphatic rings. The lowest BCUT2D eigenvalue weighted by Crippen LogP contribution is -2.31. The van der Waals surface area contributed by atoms with Gasteiger partial charge in [-0.3, -0.25) is 19.2 Å². The molecule has 2 aromatic carbocycles. The number of aryl methyl sites for hydroxylation is 2. The Balaban J connectivity index is 0.000000261.